The van der Waals surface area contributed by atoms with Gasteiger partial charge in [0.25, 0.3) is 11.5 Å². The van der Waals surface area contributed by atoms with Gasteiger partial charge in [-0.3, -0.25) is 14.2 Å². The fourth-order valence-corrected chi connectivity index (χ4v) is 4.76. The number of thiazole rings is 1. The molecule has 0 spiro atoms. The number of carbonyl (C=O) groups excluding carboxylic acids is 1. The number of para-hydroxylation sites is 1. The molecule has 0 radical (unpaired) electrons. The molecule has 1 amide bonds. The summed E-state index contributed by atoms with van der Waals surface area (Å²) in [6, 6.07) is 16.4. The summed E-state index contributed by atoms with van der Waals surface area (Å²) in [4.78, 5) is 28.3. The largest absolute Gasteiger partial charge is 0.493 e. The summed E-state index contributed by atoms with van der Waals surface area (Å²) in [6.45, 7) is 1.63. The molecule has 2 heterocycles. The number of amides is 1. The van der Waals surface area contributed by atoms with E-state index in [2.05, 4.69) is 0 Å². The molecule has 0 atom stereocenters. The third-order valence-electron chi connectivity index (χ3n) is 5.38. The Kier molecular flexibility index (Phi) is 7.11. The Hall–Kier alpha value is -3.87. The number of nitriles is 1. The average Bonchev–Trinajstić information content (AvgIpc) is 3.20. The highest BCUT2D eigenvalue weighted by Gasteiger charge is 2.24. The van der Waals surface area contributed by atoms with Crippen molar-refractivity contribution in [3.05, 3.63) is 73.6 Å². The van der Waals surface area contributed by atoms with Crippen LogP contribution < -0.4 is 24.2 Å². The normalized spacial score (nSPS) is 15.0. The zero-order valence-electron chi connectivity index (χ0n) is 18.8. The van der Waals surface area contributed by atoms with Crippen molar-refractivity contribution in [3.8, 4) is 23.3 Å². The van der Waals surface area contributed by atoms with Crippen molar-refractivity contribution in [2.24, 2.45) is 0 Å². The van der Waals surface area contributed by atoms with Gasteiger partial charge in [0.15, 0.2) is 17.1 Å². The molecule has 1 aliphatic rings. The minimum atomic E-state index is -0.408. The van der Waals surface area contributed by atoms with E-state index in [4.69, 9.17) is 14.2 Å². The lowest BCUT2D eigenvalue weighted by molar-refractivity contribution is -0.128. The molecule has 0 N–H and O–H groups in total. The summed E-state index contributed by atoms with van der Waals surface area (Å²) in [6.07, 6.45) is 1.71. The Morgan fingerprint density at radius 1 is 1.09 bits per heavy atom. The minimum Gasteiger partial charge on any atom is -0.493 e. The second kappa shape index (κ2) is 10.4. The van der Waals surface area contributed by atoms with E-state index in [1.165, 1.54) is 4.57 Å². The lowest BCUT2D eigenvalue weighted by atomic mass is 10.2. The maximum Gasteiger partial charge on any atom is 0.273 e. The number of hydrogen-bond acceptors (Lipinski definition) is 7. The topological polar surface area (TPSA) is 93.8 Å². The summed E-state index contributed by atoms with van der Waals surface area (Å²) < 4.78 is 18.1. The van der Waals surface area contributed by atoms with Crippen LogP contribution in [-0.2, 0) is 9.53 Å². The van der Waals surface area contributed by atoms with E-state index in [1.807, 2.05) is 12.1 Å². The van der Waals surface area contributed by atoms with E-state index in [-0.39, 0.29) is 11.1 Å². The second-order valence-corrected chi connectivity index (χ2v) is 8.43. The molecule has 4 rings (SSSR count). The molecule has 8 nitrogen and oxygen atoms in total. The number of ether oxygens (including phenoxy) is 3. The molecular formula is C25H23N3O5S. The van der Waals surface area contributed by atoms with Crippen LogP contribution >= 0.6 is 11.3 Å². The van der Waals surface area contributed by atoms with Crippen molar-refractivity contribution in [1.29, 1.82) is 5.26 Å². The summed E-state index contributed by atoms with van der Waals surface area (Å²) in [5.41, 5.74) is 0.914. The first kappa shape index (κ1) is 23.3. The third-order valence-corrected chi connectivity index (χ3v) is 6.47. The Balaban J connectivity index is 1.96. The first-order chi connectivity index (χ1) is 16.6. The van der Waals surface area contributed by atoms with Crippen LogP contribution in [0.1, 0.15) is 5.56 Å². The highest BCUT2D eigenvalue weighted by molar-refractivity contribution is 7.07. The van der Waals surface area contributed by atoms with Gasteiger partial charge in [0.2, 0.25) is 0 Å². The Morgan fingerprint density at radius 2 is 1.79 bits per heavy atom. The first-order valence-electron chi connectivity index (χ1n) is 10.6. The van der Waals surface area contributed by atoms with Crippen LogP contribution in [0.15, 0.2) is 53.3 Å². The molecule has 34 heavy (non-hydrogen) atoms. The second-order valence-electron chi connectivity index (χ2n) is 7.40. The van der Waals surface area contributed by atoms with Gasteiger partial charge in [-0.25, -0.2) is 0 Å². The highest BCUT2D eigenvalue weighted by Crippen LogP contribution is 2.27. The van der Waals surface area contributed by atoms with Crippen LogP contribution in [-0.4, -0.2) is 55.9 Å². The molecule has 1 aliphatic heterocycles. The third kappa shape index (κ3) is 4.59. The van der Waals surface area contributed by atoms with Gasteiger partial charge in [-0.15, -0.1) is 11.3 Å². The molecule has 0 unspecified atom stereocenters. The van der Waals surface area contributed by atoms with E-state index in [9.17, 15) is 14.9 Å². The van der Waals surface area contributed by atoms with E-state index in [0.717, 1.165) is 16.9 Å². The standard InChI is InChI=1S/C25H23N3O5S/c1-31-20-9-8-17(14-21(20)32-2)15-22-24(30)28(18-6-4-3-5-7-18)25(34-22)19(16-26)23(29)27-10-12-33-13-11-27/h3-9,14-15H,10-13H2,1-2H3/b22-15+,25-19+. The highest BCUT2D eigenvalue weighted by atomic mass is 32.1. The van der Waals surface area contributed by atoms with Crippen LogP contribution in [0.5, 0.6) is 11.5 Å². The maximum atomic E-state index is 13.5. The quantitative estimate of drug-likeness (QED) is 0.550. The molecule has 9 heteroatoms. The van der Waals surface area contributed by atoms with E-state index < -0.39 is 5.91 Å². The van der Waals surface area contributed by atoms with Gasteiger partial charge >= 0.3 is 0 Å². The number of benzene rings is 2. The molecule has 0 bridgehead atoms. The van der Waals surface area contributed by atoms with Gasteiger partial charge in [0.1, 0.15) is 10.7 Å². The Labute approximate surface area is 200 Å². The van der Waals surface area contributed by atoms with Crippen molar-refractivity contribution in [2.45, 2.75) is 0 Å². The zero-order chi connectivity index (χ0) is 24.1. The molecule has 174 valence electrons. The fraction of sp³-hybridized carbons (Fsp3) is 0.240. The van der Waals surface area contributed by atoms with Crippen molar-refractivity contribution >= 4 is 28.9 Å². The molecular weight excluding hydrogens is 454 g/mol. The first-order valence-corrected chi connectivity index (χ1v) is 11.4. The van der Waals surface area contributed by atoms with Crippen LogP contribution in [0, 0.1) is 11.3 Å². The smallest absolute Gasteiger partial charge is 0.273 e. The number of aromatic nitrogens is 1. The van der Waals surface area contributed by atoms with E-state index in [1.54, 1.807) is 67.7 Å². The number of hydrogen-bond donors (Lipinski definition) is 0. The average molecular weight is 478 g/mol. The summed E-state index contributed by atoms with van der Waals surface area (Å²) >= 11 is 1.11. The zero-order valence-corrected chi connectivity index (χ0v) is 19.6. The molecule has 1 saturated heterocycles. The van der Waals surface area contributed by atoms with Gasteiger partial charge in [0.05, 0.1) is 37.7 Å². The SMILES string of the molecule is COc1ccc(/C=c2/s/c(=C(\C#N)C(=O)N3CCOCC3)n(-c3ccccc3)c2=O)cc1OC. The predicted octanol–water partition coefficient (Wildman–Crippen LogP) is 1.28. The van der Waals surface area contributed by atoms with Crippen molar-refractivity contribution in [2.75, 3.05) is 40.5 Å². The Bertz CT molecular complexity index is 1410. The van der Waals surface area contributed by atoms with Crippen LogP contribution in [0.4, 0.5) is 0 Å². The number of carbonyl (C=O) groups is 1. The lowest BCUT2D eigenvalue weighted by Crippen LogP contribution is -2.42. The minimum absolute atomic E-state index is 0.0696. The maximum absolute atomic E-state index is 13.5. The number of rotatable bonds is 5. The molecule has 1 aromatic heterocycles. The number of nitrogens with zero attached hydrogens (tertiary/aromatic N) is 3. The van der Waals surface area contributed by atoms with Crippen LogP contribution in [0.3, 0.4) is 0 Å². The van der Waals surface area contributed by atoms with Gasteiger partial charge in [-0.05, 0) is 35.9 Å². The van der Waals surface area contributed by atoms with Crippen LogP contribution in [0.25, 0.3) is 17.3 Å². The summed E-state index contributed by atoms with van der Waals surface area (Å²) in [7, 11) is 3.09. The molecule has 3 aromatic rings. The van der Waals surface area contributed by atoms with Gasteiger partial charge in [0, 0.05) is 13.1 Å². The van der Waals surface area contributed by atoms with Gasteiger partial charge in [-0.2, -0.15) is 5.26 Å². The lowest BCUT2D eigenvalue weighted by Gasteiger charge is -2.26. The summed E-state index contributed by atoms with van der Waals surface area (Å²) in [5.74, 6) is 0.696. The summed E-state index contributed by atoms with van der Waals surface area (Å²) in [5, 5.41) is 9.95. The number of methoxy groups -OCH3 is 2. The van der Waals surface area contributed by atoms with Crippen molar-refractivity contribution in [3.63, 3.8) is 0 Å². The van der Waals surface area contributed by atoms with Gasteiger partial charge in [-0.1, -0.05) is 24.3 Å². The molecule has 1 fully saturated rings. The Morgan fingerprint density at radius 3 is 2.44 bits per heavy atom. The van der Waals surface area contributed by atoms with E-state index in [0.29, 0.717) is 52.7 Å². The predicted molar refractivity (Wildman–Crippen MR) is 129 cm³/mol. The molecule has 0 saturated carbocycles. The monoisotopic (exact) mass is 477 g/mol. The van der Waals surface area contributed by atoms with Crippen molar-refractivity contribution < 1.29 is 19.0 Å². The van der Waals surface area contributed by atoms with Crippen molar-refractivity contribution in [1.82, 2.24) is 9.47 Å². The number of morpholine rings is 1. The molecule has 0 aliphatic carbocycles. The molecule has 2 aromatic carbocycles. The van der Waals surface area contributed by atoms with Gasteiger partial charge < -0.3 is 19.1 Å². The van der Waals surface area contributed by atoms with E-state index >= 15 is 0 Å². The fourth-order valence-electron chi connectivity index (χ4n) is 3.67. The van der Waals surface area contributed by atoms with Crippen LogP contribution in [0.2, 0.25) is 0 Å².